The van der Waals surface area contributed by atoms with Crippen molar-refractivity contribution in [1.82, 2.24) is 0 Å². The smallest absolute Gasteiger partial charge is 0.406 e. The summed E-state index contributed by atoms with van der Waals surface area (Å²) >= 11 is 6.18. The van der Waals surface area contributed by atoms with Gasteiger partial charge in [-0.05, 0) is 42.3 Å². The van der Waals surface area contributed by atoms with Crippen LogP contribution in [0.5, 0.6) is 5.75 Å². The molecule has 0 radical (unpaired) electrons. The minimum absolute atomic E-state index is 0.279. The van der Waals surface area contributed by atoms with E-state index in [4.69, 9.17) is 17.3 Å². The van der Waals surface area contributed by atoms with Crippen LogP contribution in [0.2, 0.25) is 5.02 Å². The highest BCUT2D eigenvalue weighted by Crippen LogP contribution is 2.34. The Bertz CT molecular complexity index is 629. The normalized spacial score (nSPS) is 11.5. The van der Waals surface area contributed by atoms with Gasteiger partial charge in [-0.1, -0.05) is 35.9 Å². The van der Waals surface area contributed by atoms with Crippen LogP contribution in [0.4, 0.5) is 13.2 Å². The van der Waals surface area contributed by atoms with Crippen molar-refractivity contribution in [3.05, 3.63) is 53.1 Å². The number of ether oxygens (including phenoxy) is 1. The molecular weight excluding hydrogens is 303 g/mol. The van der Waals surface area contributed by atoms with Crippen molar-refractivity contribution in [2.75, 3.05) is 6.54 Å². The molecule has 0 amide bonds. The molecule has 2 nitrogen and oxygen atoms in total. The Morgan fingerprint density at radius 3 is 2.48 bits per heavy atom. The Hall–Kier alpha value is -1.72. The van der Waals surface area contributed by atoms with Gasteiger partial charge < -0.3 is 10.5 Å². The second-order valence-corrected chi connectivity index (χ2v) is 4.80. The van der Waals surface area contributed by atoms with Gasteiger partial charge in [0.25, 0.3) is 0 Å². The zero-order valence-electron chi connectivity index (χ0n) is 11.0. The summed E-state index contributed by atoms with van der Waals surface area (Å²) in [5.41, 5.74) is 7.68. The largest absolute Gasteiger partial charge is 0.573 e. The van der Waals surface area contributed by atoms with Crippen molar-refractivity contribution in [2.45, 2.75) is 12.8 Å². The number of halogens is 4. The van der Waals surface area contributed by atoms with Crippen LogP contribution in [0.3, 0.4) is 0 Å². The van der Waals surface area contributed by atoms with Gasteiger partial charge in [0.2, 0.25) is 0 Å². The van der Waals surface area contributed by atoms with Gasteiger partial charge in [0.1, 0.15) is 5.75 Å². The maximum atomic E-state index is 12.3. The highest BCUT2D eigenvalue weighted by Gasteiger charge is 2.31. The van der Waals surface area contributed by atoms with Crippen molar-refractivity contribution in [1.29, 1.82) is 0 Å². The van der Waals surface area contributed by atoms with Crippen LogP contribution in [-0.4, -0.2) is 12.9 Å². The van der Waals surface area contributed by atoms with Crippen molar-refractivity contribution < 1.29 is 17.9 Å². The molecule has 2 aromatic rings. The fourth-order valence-corrected chi connectivity index (χ4v) is 2.41. The molecule has 0 heterocycles. The first-order chi connectivity index (χ1) is 9.90. The van der Waals surface area contributed by atoms with Crippen LogP contribution in [0, 0.1) is 0 Å². The third kappa shape index (κ3) is 4.12. The van der Waals surface area contributed by atoms with Gasteiger partial charge in [0.15, 0.2) is 0 Å². The van der Waals surface area contributed by atoms with Crippen LogP contribution in [-0.2, 0) is 6.42 Å². The summed E-state index contributed by atoms with van der Waals surface area (Å²) in [5, 5.41) is 0.463. The standard InChI is InChI=1S/C15H13ClF3NO/c16-13-6-2-3-10(7-8-20)14(13)11-4-1-5-12(9-11)21-15(17,18)19/h1-6,9H,7-8,20H2. The Kier molecular flexibility index (Phi) is 4.75. The Labute approximate surface area is 125 Å². The average Bonchev–Trinajstić information content (AvgIpc) is 2.37. The van der Waals surface area contributed by atoms with Gasteiger partial charge in [0.05, 0.1) is 0 Å². The summed E-state index contributed by atoms with van der Waals surface area (Å²) in [6, 6.07) is 11.1. The molecule has 0 aromatic heterocycles. The zero-order chi connectivity index (χ0) is 15.5. The first kappa shape index (κ1) is 15.7. The van der Waals surface area contributed by atoms with E-state index in [1.807, 2.05) is 6.07 Å². The number of nitrogens with two attached hydrogens (primary N) is 1. The molecule has 2 N–H and O–H groups in total. The molecule has 2 aromatic carbocycles. The second kappa shape index (κ2) is 6.37. The van der Waals surface area contributed by atoms with Crippen LogP contribution in [0.1, 0.15) is 5.56 Å². The lowest BCUT2D eigenvalue weighted by Crippen LogP contribution is -2.17. The van der Waals surface area contributed by atoms with E-state index in [2.05, 4.69) is 4.74 Å². The predicted octanol–water partition coefficient (Wildman–Crippen LogP) is 4.41. The van der Waals surface area contributed by atoms with Crippen LogP contribution < -0.4 is 10.5 Å². The maximum absolute atomic E-state index is 12.3. The van der Waals surface area contributed by atoms with Crippen molar-refractivity contribution >= 4 is 11.6 Å². The molecule has 0 spiro atoms. The highest BCUT2D eigenvalue weighted by molar-refractivity contribution is 6.33. The second-order valence-electron chi connectivity index (χ2n) is 4.39. The molecule has 0 saturated heterocycles. The SMILES string of the molecule is NCCc1cccc(Cl)c1-c1cccc(OC(F)(F)F)c1. The Balaban J connectivity index is 2.45. The molecule has 0 aliphatic rings. The summed E-state index contributed by atoms with van der Waals surface area (Å²) in [5.74, 6) is -0.279. The molecular formula is C15H13ClF3NO. The lowest BCUT2D eigenvalue weighted by atomic mass is 9.97. The summed E-state index contributed by atoms with van der Waals surface area (Å²) in [4.78, 5) is 0. The van der Waals surface area contributed by atoms with Crippen molar-refractivity contribution in [2.24, 2.45) is 5.73 Å². The number of alkyl halides is 3. The van der Waals surface area contributed by atoms with Gasteiger partial charge >= 0.3 is 6.36 Å². The van der Waals surface area contributed by atoms with E-state index in [0.29, 0.717) is 29.1 Å². The molecule has 0 aliphatic carbocycles. The molecule has 112 valence electrons. The van der Waals surface area contributed by atoms with E-state index >= 15 is 0 Å². The summed E-state index contributed by atoms with van der Waals surface area (Å²) in [7, 11) is 0. The molecule has 0 aliphatic heterocycles. The first-order valence-corrected chi connectivity index (χ1v) is 6.62. The van der Waals surface area contributed by atoms with Crippen LogP contribution in [0.15, 0.2) is 42.5 Å². The monoisotopic (exact) mass is 315 g/mol. The van der Waals surface area contributed by atoms with Gasteiger partial charge in [-0.2, -0.15) is 0 Å². The van der Waals surface area contributed by atoms with Crippen LogP contribution >= 0.6 is 11.6 Å². The number of hydrogen-bond acceptors (Lipinski definition) is 2. The van der Waals surface area contributed by atoms with Gasteiger partial charge in [-0.25, -0.2) is 0 Å². The number of hydrogen-bond donors (Lipinski definition) is 1. The van der Waals surface area contributed by atoms with E-state index in [-0.39, 0.29) is 5.75 Å². The minimum Gasteiger partial charge on any atom is -0.406 e. The molecule has 6 heteroatoms. The van der Waals surface area contributed by atoms with E-state index in [0.717, 1.165) is 5.56 Å². The van der Waals surface area contributed by atoms with Gasteiger partial charge in [-0.3, -0.25) is 0 Å². The van der Waals surface area contributed by atoms with E-state index in [9.17, 15) is 13.2 Å². The summed E-state index contributed by atoms with van der Waals surface area (Å²) < 4.78 is 40.8. The molecule has 2 rings (SSSR count). The van der Waals surface area contributed by atoms with E-state index in [1.54, 1.807) is 18.2 Å². The fraction of sp³-hybridized carbons (Fsp3) is 0.200. The minimum atomic E-state index is -4.72. The molecule has 0 atom stereocenters. The zero-order valence-corrected chi connectivity index (χ0v) is 11.7. The molecule has 0 fully saturated rings. The third-order valence-corrected chi connectivity index (χ3v) is 3.18. The average molecular weight is 316 g/mol. The topological polar surface area (TPSA) is 35.2 Å². The lowest BCUT2D eigenvalue weighted by molar-refractivity contribution is -0.274. The van der Waals surface area contributed by atoms with Crippen LogP contribution in [0.25, 0.3) is 11.1 Å². The molecule has 21 heavy (non-hydrogen) atoms. The Morgan fingerprint density at radius 2 is 1.81 bits per heavy atom. The molecule has 0 bridgehead atoms. The molecule has 0 unspecified atom stereocenters. The van der Waals surface area contributed by atoms with E-state index in [1.165, 1.54) is 18.2 Å². The van der Waals surface area contributed by atoms with E-state index < -0.39 is 6.36 Å². The summed E-state index contributed by atoms with van der Waals surface area (Å²) in [6.07, 6.45) is -4.14. The number of rotatable bonds is 4. The fourth-order valence-electron chi connectivity index (χ4n) is 2.10. The first-order valence-electron chi connectivity index (χ1n) is 6.24. The Morgan fingerprint density at radius 1 is 1.10 bits per heavy atom. The lowest BCUT2D eigenvalue weighted by Gasteiger charge is -2.13. The van der Waals surface area contributed by atoms with Gasteiger partial charge in [-0.15, -0.1) is 13.2 Å². The van der Waals surface area contributed by atoms with Gasteiger partial charge in [0, 0.05) is 10.6 Å². The predicted molar refractivity (Wildman–Crippen MR) is 76.3 cm³/mol. The van der Waals surface area contributed by atoms with Crippen molar-refractivity contribution in [3.63, 3.8) is 0 Å². The number of benzene rings is 2. The highest BCUT2D eigenvalue weighted by atomic mass is 35.5. The summed E-state index contributed by atoms with van der Waals surface area (Å²) in [6.45, 7) is 0.423. The maximum Gasteiger partial charge on any atom is 0.573 e. The third-order valence-electron chi connectivity index (χ3n) is 2.87. The molecule has 0 saturated carbocycles. The van der Waals surface area contributed by atoms with Crippen molar-refractivity contribution in [3.8, 4) is 16.9 Å². The quantitative estimate of drug-likeness (QED) is 0.907.